The Labute approximate surface area is 445 Å². The summed E-state index contributed by atoms with van der Waals surface area (Å²) in [6.07, 6.45) is -18.0. The summed E-state index contributed by atoms with van der Waals surface area (Å²) in [7, 11) is 0. The van der Waals surface area contributed by atoms with Gasteiger partial charge in [-0.25, -0.2) is 13.9 Å². The summed E-state index contributed by atoms with van der Waals surface area (Å²) < 4.78 is 60.6. The topological polar surface area (TPSA) is 468 Å². The van der Waals surface area contributed by atoms with E-state index in [9.17, 15) is 50.1 Å². The number of aliphatic hydroxyl groups excluding tert-OH is 6. The molecule has 2 saturated carbocycles. The molecule has 4 saturated heterocycles. The average molecular weight is 1110 g/mol. The zero-order valence-corrected chi connectivity index (χ0v) is 42.5. The standard InChI is InChI=1S/C47H72FN13O17/c48-23-11-21-26(61(20-1-2-20)18-22(32(21)62)44(70)71)13-27(23)59-5-3-58(4-6-59)7-9-72-10-8-60-17-19(56-57-60)16-55-43(69)42-41(76-46-31(54)37(67)35(65)29(15-50)74-46)38(68)47(78-42)77-40-33(63)24(51)12-25(52)39(40)75-45-30(53)36(66)34(64)28(14-49)73-45/h11,13,17-18,20,24-25,28-31,33-42,45-47,63-68H,1-10,12,14-16,49-54H2,(H,55,69)(H,70,71)/t24-,25+,28-,29+,30-,31-,33+,34-,35-,36-,37-,38-,39-,40+,41+,42+,45-,46-,47-/m1/s1. The summed E-state index contributed by atoms with van der Waals surface area (Å²) in [5, 5.41) is 86.0. The molecule has 6 fully saturated rings. The molecule has 0 spiro atoms. The Hall–Kier alpha value is -4.56. The van der Waals surface area contributed by atoms with Crippen molar-refractivity contribution in [2.24, 2.45) is 34.4 Å². The first-order chi connectivity index (χ1) is 37.3. The number of nitrogens with zero attached hydrogens (tertiary/aromatic N) is 6. The van der Waals surface area contributed by atoms with E-state index in [0.29, 0.717) is 62.8 Å². The first-order valence-corrected chi connectivity index (χ1v) is 26.0. The van der Waals surface area contributed by atoms with Gasteiger partial charge in [0.25, 0.3) is 5.91 Å². The zero-order valence-electron chi connectivity index (χ0n) is 42.5. The number of hydrogen-bond acceptors (Lipinski definition) is 26. The number of aromatic nitrogens is 4. The zero-order chi connectivity index (χ0) is 55.9. The molecule has 0 bridgehead atoms. The second-order valence-electron chi connectivity index (χ2n) is 20.7. The number of rotatable bonds is 20. The van der Waals surface area contributed by atoms with E-state index in [2.05, 4.69) is 20.5 Å². The Morgan fingerprint density at radius 3 is 1.97 bits per heavy atom. The number of anilines is 1. The number of piperazine rings is 1. The van der Waals surface area contributed by atoms with Crippen molar-refractivity contribution in [2.75, 3.05) is 63.9 Å². The van der Waals surface area contributed by atoms with Crippen LogP contribution in [0.1, 0.15) is 41.4 Å². The third-order valence-electron chi connectivity index (χ3n) is 15.4. The highest BCUT2D eigenvalue weighted by Crippen LogP contribution is 2.39. The molecule has 3 aromatic rings. The van der Waals surface area contributed by atoms with Gasteiger partial charge in [-0.05, 0) is 31.4 Å². The number of nitrogens with two attached hydrogens (primary N) is 6. The fourth-order valence-corrected chi connectivity index (χ4v) is 10.6. The van der Waals surface area contributed by atoms with Gasteiger partial charge in [-0.15, -0.1) is 5.10 Å². The van der Waals surface area contributed by atoms with Crippen LogP contribution < -0.4 is 50.0 Å². The largest absolute Gasteiger partial charge is 0.477 e. The summed E-state index contributed by atoms with van der Waals surface area (Å²) in [6, 6.07) is -1.82. The minimum absolute atomic E-state index is 0.00370. The molecule has 9 rings (SSSR count). The first kappa shape index (κ1) is 58.1. The number of nitrogens with one attached hydrogen (secondary N) is 1. The van der Waals surface area contributed by atoms with Crippen LogP contribution in [-0.4, -0.2) is 247 Å². The molecule has 1 amide bonds. The lowest BCUT2D eigenvalue weighted by molar-refractivity contribution is -0.306. The Balaban J connectivity index is 0.785. The molecular weight excluding hydrogens is 1040 g/mol. The molecule has 0 unspecified atom stereocenters. The van der Waals surface area contributed by atoms with Gasteiger partial charge in [-0.2, -0.15) is 0 Å². The van der Waals surface area contributed by atoms with Gasteiger partial charge in [-0.3, -0.25) is 14.5 Å². The first-order valence-electron chi connectivity index (χ1n) is 26.0. The third kappa shape index (κ3) is 12.2. The van der Waals surface area contributed by atoms with E-state index >= 15 is 4.39 Å². The third-order valence-corrected chi connectivity index (χ3v) is 15.4. The van der Waals surface area contributed by atoms with Crippen molar-refractivity contribution in [1.82, 2.24) is 29.8 Å². The molecule has 434 valence electrons. The van der Waals surface area contributed by atoms with Gasteiger partial charge >= 0.3 is 5.97 Å². The van der Waals surface area contributed by atoms with E-state index in [1.54, 1.807) is 16.8 Å². The van der Waals surface area contributed by atoms with Crippen LogP contribution in [0.2, 0.25) is 0 Å². The van der Waals surface area contributed by atoms with Gasteiger partial charge in [0.2, 0.25) is 5.43 Å². The highest BCUT2D eigenvalue weighted by molar-refractivity contribution is 5.93. The normalized spacial score (nSPS) is 36.8. The van der Waals surface area contributed by atoms with E-state index in [1.807, 2.05) is 4.90 Å². The van der Waals surface area contributed by atoms with E-state index in [1.165, 1.54) is 10.9 Å². The minimum Gasteiger partial charge on any atom is -0.477 e. The van der Waals surface area contributed by atoms with E-state index in [4.69, 9.17) is 67.6 Å². The predicted molar refractivity (Wildman–Crippen MR) is 266 cm³/mol. The molecule has 2 aromatic heterocycles. The van der Waals surface area contributed by atoms with Crippen LogP contribution in [0.4, 0.5) is 10.1 Å². The van der Waals surface area contributed by atoms with Crippen molar-refractivity contribution in [3.05, 3.63) is 51.8 Å². The number of carbonyl (C=O) groups excluding carboxylic acids is 1. The molecule has 0 radical (unpaired) electrons. The maximum Gasteiger partial charge on any atom is 0.341 e. The number of ether oxygens (including phenoxy) is 7. The van der Waals surface area contributed by atoms with Crippen molar-refractivity contribution in [3.63, 3.8) is 0 Å². The molecule has 31 heteroatoms. The number of benzene rings is 1. The molecule has 19 atom stereocenters. The second kappa shape index (κ2) is 24.7. The number of carboxylic acid groups (broad SMARTS) is 1. The van der Waals surface area contributed by atoms with Crippen molar-refractivity contribution in [3.8, 4) is 0 Å². The maximum atomic E-state index is 15.5. The number of halogens is 1. The number of aliphatic hydroxyl groups is 6. The number of fused-ring (bicyclic) bond motifs is 1. The van der Waals surface area contributed by atoms with Crippen molar-refractivity contribution in [1.29, 1.82) is 0 Å². The van der Waals surface area contributed by atoms with Crippen molar-refractivity contribution in [2.45, 2.75) is 155 Å². The smallest absolute Gasteiger partial charge is 0.341 e. The minimum atomic E-state index is -1.86. The lowest BCUT2D eigenvalue weighted by Gasteiger charge is -2.47. The lowest BCUT2D eigenvalue weighted by atomic mass is 9.84. The van der Waals surface area contributed by atoms with E-state index in [-0.39, 0.29) is 49.7 Å². The molecule has 1 aromatic carbocycles. The number of amides is 1. The molecule has 4 aliphatic heterocycles. The molecule has 6 aliphatic rings. The van der Waals surface area contributed by atoms with Crippen LogP contribution >= 0.6 is 0 Å². The molecular formula is C47H72FN13O17. The fourth-order valence-electron chi connectivity index (χ4n) is 10.6. The van der Waals surface area contributed by atoms with Gasteiger partial charge in [0, 0.05) is 75.5 Å². The Morgan fingerprint density at radius 1 is 0.744 bits per heavy atom. The van der Waals surface area contributed by atoms with Gasteiger partial charge < -0.3 is 118 Å². The Bertz CT molecular complexity index is 2610. The van der Waals surface area contributed by atoms with Crippen LogP contribution in [-0.2, 0) is 51.0 Å². The predicted octanol–water partition coefficient (Wildman–Crippen LogP) is -7.65. The lowest BCUT2D eigenvalue weighted by Crippen LogP contribution is -2.68. The van der Waals surface area contributed by atoms with Gasteiger partial charge in [0.1, 0.15) is 78.1 Å². The maximum absolute atomic E-state index is 15.5. The molecule has 30 nitrogen and oxygen atoms in total. The monoisotopic (exact) mass is 1110 g/mol. The molecule has 6 heterocycles. The van der Waals surface area contributed by atoms with Crippen LogP contribution in [0.5, 0.6) is 0 Å². The van der Waals surface area contributed by atoms with E-state index in [0.717, 1.165) is 18.9 Å². The summed E-state index contributed by atoms with van der Waals surface area (Å²) in [6.45, 7) is 3.13. The number of pyridine rings is 1. The highest BCUT2D eigenvalue weighted by Gasteiger charge is 2.56. The highest BCUT2D eigenvalue weighted by atomic mass is 19.1. The van der Waals surface area contributed by atoms with Gasteiger partial charge in [0.05, 0.1) is 61.9 Å². The Morgan fingerprint density at radius 2 is 1.36 bits per heavy atom. The summed E-state index contributed by atoms with van der Waals surface area (Å²) in [5.41, 5.74) is 36.7. The molecule has 78 heavy (non-hydrogen) atoms. The second-order valence-corrected chi connectivity index (χ2v) is 20.7. The van der Waals surface area contributed by atoms with Crippen molar-refractivity contribution >= 4 is 28.5 Å². The molecule has 2 aliphatic carbocycles. The average Bonchev–Trinajstić information content (AvgIpc) is 4.20. The summed E-state index contributed by atoms with van der Waals surface area (Å²) >= 11 is 0. The quantitative estimate of drug-likeness (QED) is 0.0467. The summed E-state index contributed by atoms with van der Waals surface area (Å²) in [4.78, 5) is 42.8. The number of aromatic carboxylic acids is 1. The summed E-state index contributed by atoms with van der Waals surface area (Å²) in [5.74, 6) is -2.79. The van der Waals surface area contributed by atoms with Crippen LogP contribution in [0.15, 0.2) is 29.3 Å². The van der Waals surface area contributed by atoms with Crippen LogP contribution in [0, 0.1) is 5.82 Å². The van der Waals surface area contributed by atoms with Crippen LogP contribution in [0.25, 0.3) is 10.9 Å². The fraction of sp³-hybridized carbons (Fsp3) is 0.723. The van der Waals surface area contributed by atoms with E-state index < -0.39 is 139 Å². The molecule has 20 N–H and O–H groups in total. The van der Waals surface area contributed by atoms with Crippen LogP contribution in [0.3, 0.4) is 0 Å². The number of hydrogen-bond donors (Lipinski definition) is 14. The van der Waals surface area contributed by atoms with Gasteiger partial charge in [0.15, 0.2) is 25.0 Å². The SMILES string of the molecule is NC[C@@H]1O[C@H](O[C@H]2[C@@H](O)[C@H](O[C@H]3[C@@H](O)[C@H](N)C[C@H](N)[C@H]3O[C@H]3O[C@H](CN)[C@@H](O)[C@H](O)[C@H]3N)O[C@@H]2C(=O)NCc2cn(CCOCCN3CCN(c4cc5c(cc4F)c(=O)c(C(=O)O)cn5C4CC4)CC3)nn2)[C@H](N)[C@@H](O)[C@@H]1O. The Kier molecular flexibility index (Phi) is 18.4. The number of carboxylic acids is 1. The van der Waals surface area contributed by atoms with Crippen molar-refractivity contribution < 1.29 is 82.9 Å². The number of carbonyl (C=O) groups is 2. The van der Waals surface area contributed by atoms with Gasteiger partial charge in [-0.1, -0.05) is 5.21 Å².